The monoisotopic (exact) mass is 255 g/mol. The smallest absolute Gasteiger partial charge is 0.306 e. The van der Waals surface area contributed by atoms with Crippen LogP contribution in [0.4, 0.5) is 0 Å². The van der Waals surface area contributed by atoms with Crippen molar-refractivity contribution in [3.05, 3.63) is 21.4 Å². The lowest BCUT2D eigenvalue weighted by Gasteiger charge is -2.07. The Labute approximate surface area is 105 Å². The molecule has 2 N–H and O–H groups in total. The van der Waals surface area contributed by atoms with E-state index in [1.807, 2.05) is 19.9 Å². The normalized spacial score (nSPS) is 12.2. The lowest BCUT2D eigenvalue weighted by atomic mass is 10.1. The molecule has 1 amide bonds. The van der Waals surface area contributed by atoms with Gasteiger partial charge in [0.05, 0.1) is 11.5 Å². The standard InChI is InChI=1S/C12H17NO3S/c1-7(12(15)16)4-5-13-11(14)10-6-8(2)17-9(10)3/h6-7H,4-5H2,1-3H3,(H,13,14)(H,15,16). The third-order valence-corrected chi connectivity index (χ3v) is 3.54. The molecule has 0 saturated heterocycles. The maximum atomic E-state index is 11.8. The molecule has 4 nitrogen and oxygen atoms in total. The molecule has 0 bridgehead atoms. The van der Waals surface area contributed by atoms with E-state index in [9.17, 15) is 9.59 Å². The molecule has 1 unspecified atom stereocenters. The fourth-order valence-electron chi connectivity index (χ4n) is 1.48. The summed E-state index contributed by atoms with van der Waals surface area (Å²) in [6.07, 6.45) is 0.448. The molecule has 5 heteroatoms. The Morgan fingerprint density at radius 2 is 2.12 bits per heavy atom. The highest BCUT2D eigenvalue weighted by Gasteiger charge is 2.13. The molecule has 0 fully saturated rings. The molecule has 0 aliphatic heterocycles. The quantitative estimate of drug-likeness (QED) is 0.847. The number of aliphatic carboxylic acids is 1. The van der Waals surface area contributed by atoms with E-state index in [-0.39, 0.29) is 5.91 Å². The highest BCUT2D eigenvalue weighted by atomic mass is 32.1. The Morgan fingerprint density at radius 1 is 1.47 bits per heavy atom. The summed E-state index contributed by atoms with van der Waals surface area (Å²) in [5.74, 6) is -1.38. The summed E-state index contributed by atoms with van der Waals surface area (Å²) in [5.41, 5.74) is 0.690. The van der Waals surface area contributed by atoms with Crippen LogP contribution in [0.15, 0.2) is 6.07 Å². The number of nitrogens with one attached hydrogen (secondary N) is 1. The number of carboxylic acid groups (broad SMARTS) is 1. The minimum Gasteiger partial charge on any atom is -0.481 e. The van der Waals surface area contributed by atoms with Gasteiger partial charge in [0.25, 0.3) is 5.91 Å². The summed E-state index contributed by atoms with van der Waals surface area (Å²) < 4.78 is 0. The molecule has 1 aromatic heterocycles. The number of thiophene rings is 1. The van der Waals surface area contributed by atoms with Gasteiger partial charge in [0.1, 0.15) is 0 Å². The van der Waals surface area contributed by atoms with Gasteiger partial charge in [-0.3, -0.25) is 9.59 Å². The zero-order valence-electron chi connectivity index (χ0n) is 10.2. The molecule has 0 saturated carbocycles. The number of carbonyl (C=O) groups is 2. The second-order valence-electron chi connectivity index (χ2n) is 4.11. The van der Waals surface area contributed by atoms with Crippen molar-refractivity contribution in [2.75, 3.05) is 6.54 Å². The molecule has 0 spiro atoms. The first-order valence-corrected chi connectivity index (χ1v) is 6.31. The number of carbonyl (C=O) groups excluding carboxylic acids is 1. The topological polar surface area (TPSA) is 66.4 Å². The number of rotatable bonds is 5. The van der Waals surface area contributed by atoms with Gasteiger partial charge in [-0.05, 0) is 26.3 Å². The van der Waals surface area contributed by atoms with Gasteiger partial charge in [-0.2, -0.15) is 0 Å². The molecule has 0 aliphatic rings. The first-order valence-electron chi connectivity index (χ1n) is 5.50. The molecule has 1 heterocycles. The molecule has 0 aromatic carbocycles. The predicted octanol–water partition coefficient (Wildman–Crippen LogP) is 2.21. The Kier molecular flexibility index (Phi) is 4.69. The van der Waals surface area contributed by atoms with E-state index < -0.39 is 11.9 Å². The maximum Gasteiger partial charge on any atom is 0.306 e. The van der Waals surface area contributed by atoms with E-state index in [4.69, 9.17) is 5.11 Å². The van der Waals surface area contributed by atoms with Crippen LogP contribution in [-0.4, -0.2) is 23.5 Å². The summed E-state index contributed by atoms with van der Waals surface area (Å²) in [7, 11) is 0. The van der Waals surface area contributed by atoms with Crippen LogP contribution in [0.1, 0.15) is 33.5 Å². The lowest BCUT2D eigenvalue weighted by Crippen LogP contribution is -2.27. The van der Waals surface area contributed by atoms with Crippen molar-refractivity contribution in [1.82, 2.24) is 5.32 Å². The zero-order chi connectivity index (χ0) is 13.0. The van der Waals surface area contributed by atoms with E-state index in [1.165, 1.54) is 0 Å². The predicted molar refractivity (Wildman–Crippen MR) is 67.5 cm³/mol. The van der Waals surface area contributed by atoms with Crippen molar-refractivity contribution >= 4 is 23.2 Å². The van der Waals surface area contributed by atoms with Gasteiger partial charge in [0.2, 0.25) is 0 Å². The number of hydrogen-bond donors (Lipinski definition) is 2. The van der Waals surface area contributed by atoms with Crippen LogP contribution in [0.5, 0.6) is 0 Å². The molecular weight excluding hydrogens is 238 g/mol. The molecule has 1 atom stereocenters. The molecule has 0 aliphatic carbocycles. The third-order valence-electron chi connectivity index (χ3n) is 2.57. The average Bonchev–Trinajstić information content (AvgIpc) is 2.57. The summed E-state index contributed by atoms with van der Waals surface area (Å²) in [4.78, 5) is 24.5. The molecular formula is C12H17NO3S. The van der Waals surface area contributed by atoms with Crippen LogP contribution in [0.2, 0.25) is 0 Å². The van der Waals surface area contributed by atoms with E-state index in [0.717, 1.165) is 9.75 Å². The molecule has 94 valence electrons. The van der Waals surface area contributed by atoms with Gasteiger partial charge < -0.3 is 10.4 Å². The highest BCUT2D eigenvalue weighted by molar-refractivity contribution is 7.12. The molecule has 1 rings (SSSR count). The Balaban J connectivity index is 2.45. The van der Waals surface area contributed by atoms with Crippen molar-refractivity contribution in [2.45, 2.75) is 27.2 Å². The Hall–Kier alpha value is -1.36. The van der Waals surface area contributed by atoms with E-state index in [2.05, 4.69) is 5.32 Å². The summed E-state index contributed by atoms with van der Waals surface area (Å²) in [6, 6.07) is 1.86. The van der Waals surface area contributed by atoms with Gasteiger partial charge in [-0.1, -0.05) is 6.92 Å². The van der Waals surface area contributed by atoms with Crippen molar-refractivity contribution in [2.24, 2.45) is 5.92 Å². The van der Waals surface area contributed by atoms with Gasteiger partial charge in [-0.25, -0.2) is 0 Å². The number of hydrogen-bond acceptors (Lipinski definition) is 3. The van der Waals surface area contributed by atoms with E-state index in [0.29, 0.717) is 18.5 Å². The maximum absolute atomic E-state index is 11.8. The van der Waals surface area contributed by atoms with Crippen molar-refractivity contribution in [1.29, 1.82) is 0 Å². The SMILES string of the molecule is Cc1cc(C(=O)NCCC(C)C(=O)O)c(C)s1. The first-order chi connectivity index (χ1) is 7.91. The second kappa shape index (κ2) is 5.82. The van der Waals surface area contributed by atoms with Gasteiger partial charge in [0.15, 0.2) is 0 Å². The minimum absolute atomic E-state index is 0.121. The van der Waals surface area contributed by atoms with Crippen molar-refractivity contribution < 1.29 is 14.7 Å². The van der Waals surface area contributed by atoms with Crippen LogP contribution in [-0.2, 0) is 4.79 Å². The van der Waals surface area contributed by atoms with Gasteiger partial charge in [-0.15, -0.1) is 11.3 Å². The Bertz CT molecular complexity index is 425. The van der Waals surface area contributed by atoms with Crippen LogP contribution < -0.4 is 5.32 Å². The minimum atomic E-state index is -0.832. The fourth-order valence-corrected chi connectivity index (χ4v) is 2.40. The number of amides is 1. The van der Waals surface area contributed by atoms with Crippen molar-refractivity contribution in [3.63, 3.8) is 0 Å². The van der Waals surface area contributed by atoms with Gasteiger partial charge in [0, 0.05) is 16.3 Å². The zero-order valence-corrected chi connectivity index (χ0v) is 11.1. The lowest BCUT2D eigenvalue weighted by molar-refractivity contribution is -0.141. The van der Waals surface area contributed by atoms with Gasteiger partial charge >= 0.3 is 5.97 Å². The number of carboxylic acids is 1. The summed E-state index contributed by atoms with van der Waals surface area (Å²) in [6.45, 7) is 5.89. The molecule has 0 radical (unpaired) electrons. The fraction of sp³-hybridized carbons (Fsp3) is 0.500. The van der Waals surface area contributed by atoms with Crippen LogP contribution in [0, 0.1) is 19.8 Å². The second-order valence-corrected chi connectivity index (χ2v) is 5.57. The Morgan fingerprint density at radius 3 is 2.59 bits per heavy atom. The summed E-state index contributed by atoms with van der Waals surface area (Å²) >= 11 is 1.59. The highest BCUT2D eigenvalue weighted by Crippen LogP contribution is 2.20. The van der Waals surface area contributed by atoms with Crippen molar-refractivity contribution in [3.8, 4) is 0 Å². The van der Waals surface area contributed by atoms with Crippen LogP contribution >= 0.6 is 11.3 Å². The van der Waals surface area contributed by atoms with E-state index >= 15 is 0 Å². The third kappa shape index (κ3) is 3.85. The largest absolute Gasteiger partial charge is 0.481 e. The first kappa shape index (κ1) is 13.7. The summed E-state index contributed by atoms with van der Waals surface area (Å²) in [5, 5.41) is 11.4. The molecule has 17 heavy (non-hydrogen) atoms. The molecule has 1 aromatic rings. The van der Waals surface area contributed by atoms with Crippen LogP contribution in [0.25, 0.3) is 0 Å². The number of aryl methyl sites for hydroxylation is 2. The average molecular weight is 255 g/mol. The van der Waals surface area contributed by atoms with E-state index in [1.54, 1.807) is 18.3 Å². The van der Waals surface area contributed by atoms with Crippen LogP contribution in [0.3, 0.4) is 0 Å².